The molecule has 0 aliphatic carbocycles. The molecule has 1 rings (SSSR count). The summed E-state index contributed by atoms with van der Waals surface area (Å²) in [7, 11) is 1.58. The van der Waals surface area contributed by atoms with Crippen molar-refractivity contribution in [3.63, 3.8) is 0 Å². The fourth-order valence-corrected chi connectivity index (χ4v) is 1.38. The minimum absolute atomic E-state index is 0.0881. The quantitative estimate of drug-likeness (QED) is 0.520. The van der Waals surface area contributed by atoms with E-state index < -0.39 is 0 Å². The molecule has 0 spiro atoms. The van der Waals surface area contributed by atoms with Gasteiger partial charge in [-0.2, -0.15) is 0 Å². The van der Waals surface area contributed by atoms with Gasteiger partial charge >= 0.3 is 6.01 Å². The maximum Gasteiger partial charge on any atom is 0.315 e. The number of carbonyl (C=O) groups excluding carboxylic acids is 1. The number of anilines is 1. The standard InChI is InChI=1S/C12H23N5O3/c1-9(2)6-13-8-11-16-17-12(20-11)15-7-10(18)14-4-5-19-3/h9,13H,4-8H2,1-3H3,(H,14,18)(H,15,17). The molecule has 0 unspecified atom stereocenters. The van der Waals surface area contributed by atoms with Gasteiger partial charge in [0, 0.05) is 13.7 Å². The fourth-order valence-electron chi connectivity index (χ4n) is 1.38. The van der Waals surface area contributed by atoms with E-state index in [9.17, 15) is 4.79 Å². The van der Waals surface area contributed by atoms with Crippen LogP contribution in [0.2, 0.25) is 0 Å². The van der Waals surface area contributed by atoms with Crippen molar-refractivity contribution in [3.05, 3.63) is 5.89 Å². The summed E-state index contributed by atoms with van der Waals surface area (Å²) in [6.45, 7) is 6.69. The van der Waals surface area contributed by atoms with Crippen molar-refractivity contribution in [2.45, 2.75) is 20.4 Å². The number of rotatable bonds is 10. The van der Waals surface area contributed by atoms with Crippen molar-refractivity contribution >= 4 is 11.9 Å². The Bertz CT molecular complexity index is 394. The van der Waals surface area contributed by atoms with Gasteiger partial charge in [0.2, 0.25) is 11.8 Å². The van der Waals surface area contributed by atoms with E-state index >= 15 is 0 Å². The average molecular weight is 285 g/mol. The lowest BCUT2D eigenvalue weighted by Gasteiger charge is -2.04. The molecule has 114 valence electrons. The first-order chi connectivity index (χ1) is 9.61. The van der Waals surface area contributed by atoms with Crippen LogP contribution in [0.4, 0.5) is 6.01 Å². The number of ether oxygens (including phenoxy) is 1. The summed E-state index contributed by atoms with van der Waals surface area (Å²) < 4.78 is 10.2. The Labute approximate surface area is 118 Å². The summed E-state index contributed by atoms with van der Waals surface area (Å²) in [6, 6.07) is 0.244. The van der Waals surface area contributed by atoms with Crippen molar-refractivity contribution < 1.29 is 13.9 Å². The van der Waals surface area contributed by atoms with E-state index in [0.717, 1.165) is 6.54 Å². The maximum absolute atomic E-state index is 11.4. The Balaban J connectivity index is 2.21. The molecule has 0 radical (unpaired) electrons. The number of nitrogens with zero attached hydrogens (tertiary/aromatic N) is 2. The van der Waals surface area contributed by atoms with Crippen molar-refractivity contribution in [2.75, 3.05) is 38.7 Å². The Kier molecular flexibility index (Phi) is 7.59. The van der Waals surface area contributed by atoms with Crippen LogP contribution < -0.4 is 16.0 Å². The van der Waals surface area contributed by atoms with E-state index in [1.165, 1.54) is 0 Å². The molecule has 20 heavy (non-hydrogen) atoms. The highest BCUT2D eigenvalue weighted by molar-refractivity contribution is 5.79. The zero-order valence-corrected chi connectivity index (χ0v) is 12.2. The molecule has 1 amide bonds. The van der Waals surface area contributed by atoms with Crippen molar-refractivity contribution in [3.8, 4) is 0 Å². The van der Waals surface area contributed by atoms with Crippen LogP contribution in [-0.2, 0) is 16.1 Å². The zero-order chi connectivity index (χ0) is 14.8. The molecular formula is C12H23N5O3. The molecule has 0 atom stereocenters. The van der Waals surface area contributed by atoms with Crippen LogP contribution in [0.25, 0.3) is 0 Å². The summed E-state index contributed by atoms with van der Waals surface area (Å²) in [5.41, 5.74) is 0. The third-order valence-corrected chi connectivity index (χ3v) is 2.32. The molecule has 0 aliphatic heterocycles. The highest BCUT2D eigenvalue weighted by atomic mass is 16.5. The van der Waals surface area contributed by atoms with Gasteiger partial charge in [0.1, 0.15) is 0 Å². The fraction of sp³-hybridized carbons (Fsp3) is 0.750. The Morgan fingerprint density at radius 1 is 1.40 bits per heavy atom. The zero-order valence-electron chi connectivity index (χ0n) is 12.2. The van der Waals surface area contributed by atoms with Gasteiger partial charge in [-0.1, -0.05) is 18.9 Å². The first kappa shape index (κ1) is 16.4. The number of hydrogen-bond acceptors (Lipinski definition) is 7. The smallest absolute Gasteiger partial charge is 0.315 e. The number of nitrogens with one attached hydrogen (secondary N) is 3. The van der Waals surface area contributed by atoms with Crippen LogP contribution >= 0.6 is 0 Å². The van der Waals surface area contributed by atoms with Gasteiger partial charge in [0.25, 0.3) is 0 Å². The maximum atomic E-state index is 11.4. The normalized spacial score (nSPS) is 10.8. The molecule has 0 fully saturated rings. The first-order valence-electron chi connectivity index (χ1n) is 6.64. The summed E-state index contributed by atoms with van der Waals surface area (Å²) in [5.74, 6) is 0.902. The van der Waals surface area contributed by atoms with Gasteiger partial charge in [0.15, 0.2) is 0 Å². The molecule has 3 N–H and O–H groups in total. The second kappa shape index (κ2) is 9.27. The van der Waals surface area contributed by atoms with Crippen molar-refractivity contribution in [1.82, 2.24) is 20.8 Å². The highest BCUT2D eigenvalue weighted by Gasteiger charge is 2.07. The Hall–Kier alpha value is -1.67. The van der Waals surface area contributed by atoms with Crippen molar-refractivity contribution in [1.29, 1.82) is 0 Å². The van der Waals surface area contributed by atoms with Crippen LogP contribution in [-0.4, -0.2) is 49.5 Å². The molecule has 1 heterocycles. The largest absolute Gasteiger partial charge is 0.407 e. The molecular weight excluding hydrogens is 262 g/mol. The molecule has 1 aromatic heterocycles. The minimum atomic E-state index is -0.153. The lowest BCUT2D eigenvalue weighted by molar-refractivity contribution is -0.119. The van der Waals surface area contributed by atoms with E-state index in [0.29, 0.717) is 31.5 Å². The summed E-state index contributed by atoms with van der Waals surface area (Å²) >= 11 is 0. The molecule has 8 nitrogen and oxygen atoms in total. The molecule has 0 bridgehead atoms. The van der Waals surface area contributed by atoms with Gasteiger partial charge in [0.05, 0.1) is 19.7 Å². The Morgan fingerprint density at radius 3 is 2.90 bits per heavy atom. The summed E-state index contributed by atoms with van der Waals surface area (Å²) in [6.07, 6.45) is 0. The van der Waals surface area contributed by atoms with Crippen LogP contribution in [0.5, 0.6) is 0 Å². The third kappa shape index (κ3) is 7.05. The van der Waals surface area contributed by atoms with E-state index in [2.05, 4.69) is 40.0 Å². The van der Waals surface area contributed by atoms with Gasteiger partial charge in [-0.25, -0.2) is 0 Å². The number of amides is 1. The van der Waals surface area contributed by atoms with Gasteiger partial charge in [-0.15, -0.1) is 5.10 Å². The predicted octanol–water partition coefficient (Wildman–Crippen LogP) is -0.0103. The van der Waals surface area contributed by atoms with Gasteiger partial charge in [-0.05, 0) is 12.5 Å². The van der Waals surface area contributed by atoms with Crippen LogP contribution in [0.3, 0.4) is 0 Å². The van der Waals surface area contributed by atoms with Crippen LogP contribution in [0.1, 0.15) is 19.7 Å². The predicted molar refractivity (Wildman–Crippen MR) is 74.2 cm³/mol. The summed E-state index contributed by atoms with van der Waals surface area (Å²) in [4.78, 5) is 11.4. The topological polar surface area (TPSA) is 101 Å². The molecule has 0 saturated carbocycles. The second-order valence-corrected chi connectivity index (χ2v) is 4.72. The Morgan fingerprint density at radius 2 is 2.20 bits per heavy atom. The summed E-state index contributed by atoms with van der Waals surface area (Å²) in [5, 5.41) is 16.3. The highest BCUT2D eigenvalue weighted by Crippen LogP contribution is 2.04. The minimum Gasteiger partial charge on any atom is -0.407 e. The average Bonchev–Trinajstić information content (AvgIpc) is 2.84. The van der Waals surface area contributed by atoms with Crippen LogP contribution in [0.15, 0.2) is 4.42 Å². The third-order valence-electron chi connectivity index (χ3n) is 2.32. The SMILES string of the molecule is COCCNC(=O)CNc1nnc(CNCC(C)C)o1. The molecule has 1 aromatic rings. The molecule has 0 aromatic carbocycles. The van der Waals surface area contributed by atoms with E-state index in [4.69, 9.17) is 9.15 Å². The molecule has 8 heteroatoms. The van der Waals surface area contributed by atoms with E-state index in [-0.39, 0.29) is 18.5 Å². The first-order valence-corrected chi connectivity index (χ1v) is 6.64. The van der Waals surface area contributed by atoms with E-state index in [1.54, 1.807) is 7.11 Å². The monoisotopic (exact) mass is 285 g/mol. The second-order valence-electron chi connectivity index (χ2n) is 4.72. The van der Waals surface area contributed by atoms with E-state index in [1.807, 2.05) is 0 Å². The van der Waals surface area contributed by atoms with Gasteiger partial charge < -0.3 is 25.1 Å². The number of carbonyl (C=O) groups is 1. The van der Waals surface area contributed by atoms with Crippen molar-refractivity contribution in [2.24, 2.45) is 5.92 Å². The molecule has 0 saturated heterocycles. The lowest BCUT2D eigenvalue weighted by atomic mass is 10.2. The van der Waals surface area contributed by atoms with Crippen LogP contribution in [0, 0.1) is 5.92 Å². The number of hydrogen-bond donors (Lipinski definition) is 3. The molecule has 0 aliphatic rings. The lowest BCUT2D eigenvalue weighted by Crippen LogP contribution is -2.32. The van der Waals surface area contributed by atoms with Gasteiger partial charge in [-0.3, -0.25) is 4.79 Å². The number of aromatic nitrogens is 2. The number of methoxy groups -OCH3 is 1.